The summed E-state index contributed by atoms with van der Waals surface area (Å²) < 4.78 is 4.97. The van der Waals surface area contributed by atoms with Crippen molar-refractivity contribution in [2.75, 3.05) is 32.8 Å². The third-order valence-electron chi connectivity index (χ3n) is 4.66. The molecule has 0 unspecified atom stereocenters. The number of piperidine rings is 1. The molecule has 27 heavy (non-hydrogen) atoms. The van der Waals surface area contributed by atoms with E-state index in [4.69, 9.17) is 4.74 Å². The SMILES string of the molecule is CCOC(=O)N1CCC(NC(=O)CCCNC(=O)CNC(=O)C2CC2)CC1. The van der Waals surface area contributed by atoms with Gasteiger partial charge in [-0.1, -0.05) is 0 Å². The summed E-state index contributed by atoms with van der Waals surface area (Å²) in [5.74, 6) is -0.263. The summed E-state index contributed by atoms with van der Waals surface area (Å²) >= 11 is 0. The maximum atomic E-state index is 12.0. The van der Waals surface area contributed by atoms with E-state index in [-0.39, 0.29) is 42.3 Å². The van der Waals surface area contributed by atoms with E-state index in [9.17, 15) is 19.2 Å². The highest BCUT2D eigenvalue weighted by atomic mass is 16.6. The van der Waals surface area contributed by atoms with Crippen molar-refractivity contribution in [3.63, 3.8) is 0 Å². The number of ether oxygens (including phenoxy) is 1. The quantitative estimate of drug-likeness (QED) is 0.491. The third-order valence-corrected chi connectivity index (χ3v) is 4.66. The fraction of sp³-hybridized carbons (Fsp3) is 0.778. The van der Waals surface area contributed by atoms with Crippen LogP contribution in [0, 0.1) is 5.92 Å². The van der Waals surface area contributed by atoms with Crippen LogP contribution in [-0.2, 0) is 19.1 Å². The van der Waals surface area contributed by atoms with Crippen molar-refractivity contribution in [2.24, 2.45) is 5.92 Å². The molecular formula is C18H30N4O5. The summed E-state index contributed by atoms with van der Waals surface area (Å²) in [6.45, 7) is 3.67. The maximum absolute atomic E-state index is 12.0. The lowest BCUT2D eigenvalue weighted by molar-refractivity contribution is -0.126. The summed E-state index contributed by atoms with van der Waals surface area (Å²) in [5.41, 5.74) is 0. The van der Waals surface area contributed by atoms with E-state index >= 15 is 0 Å². The molecule has 9 nitrogen and oxygen atoms in total. The molecule has 0 spiro atoms. The standard InChI is InChI=1S/C18H30N4O5/c1-2-27-18(26)22-10-7-14(8-11-22)21-15(23)4-3-9-19-16(24)12-20-17(25)13-5-6-13/h13-14H,2-12H2,1H3,(H,19,24)(H,20,25)(H,21,23). The normalized spacial score (nSPS) is 17.1. The first-order chi connectivity index (χ1) is 13.0. The van der Waals surface area contributed by atoms with E-state index in [1.54, 1.807) is 11.8 Å². The van der Waals surface area contributed by atoms with Gasteiger partial charge in [-0.3, -0.25) is 14.4 Å². The summed E-state index contributed by atoms with van der Waals surface area (Å²) in [4.78, 5) is 48.3. The first-order valence-electron chi connectivity index (χ1n) is 9.75. The number of rotatable bonds is 9. The van der Waals surface area contributed by atoms with Gasteiger partial charge in [-0.15, -0.1) is 0 Å². The Morgan fingerprint density at radius 3 is 2.33 bits per heavy atom. The van der Waals surface area contributed by atoms with Gasteiger partial charge in [0.05, 0.1) is 13.2 Å². The van der Waals surface area contributed by atoms with Crippen LogP contribution in [0.15, 0.2) is 0 Å². The van der Waals surface area contributed by atoms with Gasteiger partial charge in [-0.05, 0) is 39.0 Å². The molecule has 1 aliphatic heterocycles. The van der Waals surface area contributed by atoms with Crippen molar-refractivity contribution in [2.45, 2.75) is 51.5 Å². The molecule has 0 aromatic rings. The van der Waals surface area contributed by atoms with Crippen LogP contribution in [0.3, 0.4) is 0 Å². The Balaban J connectivity index is 1.49. The number of nitrogens with zero attached hydrogens (tertiary/aromatic N) is 1. The van der Waals surface area contributed by atoms with E-state index in [2.05, 4.69) is 16.0 Å². The molecular weight excluding hydrogens is 352 g/mol. The maximum Gasteiger partial charge on any atom is 0.409 e. The van der Waals surface area contributed by atoms with Gasteiger partial charge in [0.15, 0.2) is 0 Å². The molecule has 9 heteroatoms. The highest BCUT2D eigenvalue weighted by molar-refractivity contribution is 5.86. The van der Waals surface area contributed by atoms with E-state index in [0.29, 0.717) is 51.9 Å². The molecule has 152 valence electrons. The monoisotopic (exact) mass is 382 g/mol. The molecule has 1 heterocycles. The van der Waals surface area contributed by atoms with Crippen LogP contribution in [0.2, 0.25) is 0 Å². The molecule has 0 radical (unpaired) electrons. The van der Waals surface area contributed by atoms with Crippen LogP contribution in [0.5, 0.6) is 0 Å². The van der Waals surface area contributed by atoms with Crippen LogP contribution >= 0.6 is 0 Å². The number of amides is 4. The van der Waals surface area contributed by atoms with Crippen molar-refractivity contribution >= 4 is 23.8 Å². The number of likely N-dealkylation sites (tertiary alicyclic amines) is 1. The fourth-order valence-corrected chi connectivity index (χ4v) is 2.92. The molecule has 2 fully saturated rings. The number of nitrogens with one attached hydrogen (secondary N) is 3. The highest BCUT2D eigenvalue weighted by Gasteiger charge is 2.29. The minimum atomic E-state index is -0.300. The van der Waals surface area contributed by atoms with E-state index in [1.807, 2.05) is 0 Å². The van der Waals surface area contributed by atoms with Crippen molar-refractivity contribution in [1.82, 2.24) is 20.9 Å². The predicted octanol–water partition coefficient (Wildman–Crippen LogP) is 0.146. The minimum absolute atomic E-state index is 0.0133. The van der Waals surface area contributed by atoms with Gasteiger partial charge in [0.25, 0.3) is 0 Å². The predicted molar refractivity (Wildman–Crippen MR) is 97.7 cm³/mol. The second-order valence-corrected chi connectivity index (χ2v) is 6.97. The first kappa shape index (κ1) is 21.0. The number of carbonyl (C=O) groups is 4. The Labute approximate surface area is 159 Å². The molecule has 4 amide bonds. The van der Waals surface area contributed by atoms with Crippen molar-refractivity contribution in [3.05, 3.63) is 0 Å². The Morgan fingerprint density at radius 1 is 1.00 bits per heavy atom. The van der Waals surface area contributed by atoms with Gasteiger partial charge < -0.3 is 25.6 Å². The average Bonchev–Trinajstić information content (AvgIpc) is 3.49. The minimum Gasteiger partial charge on any atom is -0.450 e. The zero-order valence-electron chi connectivity index (χ0n) is 15.9. The Morgan fingerprint density at radius 2 is 1.70 bits per heavy atom. The lowest BCUT2D eigenvalue weighted by Gasteiger charge is -2.31. The smallest absolute Gasteiger partial charge is 0.409 e. The summed E-state index contributed by atoms with van der Waals surface area (Å²) in [7, 11) is 0. The topological polar surface area (TPSA) is 117 Å². The molecule has 0 aromatic carbocycles. The van der Waals surface area contributed by atoms with Gasteiger partial charge in [-0.2, -0.15) is 0 Å². The number of hydrogen-bond donors (Lipinski definition) is 3. The summed E-state index contributed by atoms with van der Waals surface area (Å²) in [6, 6.07) is 0.0652. The van der Waals surface area contributed by atoms with E-state index in [1.165, 1.54) is 0 Å². The Bertz CT molecular complexity index is 542. The molecule has 0 aromatic heterocycles. The Kier molecular flexibility index (Phi) is 8.35. The molecule has 2 rings (SSSR count). The fourth-order valence-electron chi connectivity index (χ4n) is 2.92. The first-order valence-corrected chi connectivity index (χ1v) is 9.75. The van der Waals surface area contributed by atoms with Crippen LogP contribution < -0.4 is 16.0 Å². The number of carbonyl (C=O) groups excluding carboxylic acids is 4. The van der Waals surface area contributed by atoms with Gasteiger partial charge in [0.1, 0.15) is 0 Å². The lowest BCUT2D eigenvalue weighted by atomic mass is 10.1. The molecule has 0 atom stereocenters. The van der Waals surface area contributed by atoms with Crippen molar-refractivity contribution in [3.8, 4) is 0 Å². The van der Waals surface area contributed by atoms with Gasteiger partial charge in [-0.25, -0.2) is 4.79 Å². The third kappa shape index (κ3) is 7.84. The lowest BCUT2D eigenvalue weighted by Crippen LogP contribution is -2.46. The van der Waals surface area contributed by atoms with Gasteiger partial charge in [0, 0.05) is 38.0 Å². The second kappa shape index (κ2) is 10.7. The molecule has 1 saturated carbocycles. The van der Waals surface area contributed by atoms with Gasteiger partial charge in [0.2, 0.25) is 17.7 Å². The molecule has 1 aliphatic carbocycles. The van der Waals surface area contributed by atoms with Crippen molar-refractivity contribution < 1.29 is 23.9 Å². The van der Waals surface area contributed by atoms with Gasteiger partial charge >= 0.3 is 6.09 Å². The zero-order chi connectivity index (χ0) is 19.6. The average molecular weight is 382 g/mol. The van der Waals surface area contributed by atoms with Crippen LogP contribution in [0.1, 0.15) is 45.4 Å². The molecule has 0 bridgehead atoms. The largest absolute Gasteiger partial charge is 0.450 e. The van der Waals surface area contributed by atoms with Crippen LogP contribution in [0.4, 0.5) is 4.79 Å². The molecule has 2 aliphatic rings. The zero-order valence-corrected chi connectivity index (χ0v) is 15.9. The van der Waals surface area contributed by atoms with Crippen LogP contribution in [-0.4, -0.2) is 67.5 Å². The van der Waals surface area contributed by atoms with Crippen molar-refractivity contribution in [1.29, 1.82) is 0 Å². The number of hydrogen-bond acceptors (Lipinski definition) is 5. The van der Waals surface area contributed by atoms with E-state index in [0.717, 1.165) is 12.8 Å². The summed E-state index contributed by atoms with van der Waals surface area (Å²) in [5, 5.41) is 8.27. The Hall–Kier alpha value is -2.32. The van der Waals surface area contributed by atoms with E-state index < -0.39 is 0 Å². The second-order valence-electron chi connectivity index (χ2n) is 6.97. The van der Waals surface area contributed by atoms with Crippen LogP contribution in [0.25, 0.3) is 0 Å². The highest BCUT2D eigenvalue weighted by Crippen LogP contribution is 2.28. The molecule has 1 saturated heterocycles. The summed E-state index contributed by atoms with van der Waals surface area (Å²) in [6.07, 6.45) is 3.80. The molecule has 3 N–H and O–H groups in total.